The van der Waals surface area contributed by atoms with Crippen molar-refractivity contribution in [3.8, 4) is 28.7 Å². The lowest BCUT2D eigenvalue weighted by Gasteiger charge is -2.17. The fourth-order valence-corrected chi connectivity index (χ4v) is 2.98. The van der Waals surface area contributed by atoms with Crippen LogP contribution in [0.5, 0.6) is 28.7 Å². The first-order valence-electron chi connectivity index (χ1n) is 9.61. The molecule has 0 bridgehead atoms. The van der Waals surface area contributed by atoms with Gasteiger partial charge in [-0.25, -0.2) is 0 Å². The zero-order chi connectivity index (χ0) is 22.2. The van der Waals surface area contributed by atoms with Crippen molar-refractivity contribution >= 4 is 23.2 Å². The van der Waals surface area contributed by atoms with Gasteiger partial charge in [0.15, 0.2) is 34.2 Å². The lowest BCUT2D eigenvalue weighted by atomic mass is 10.1. The molecule has 1 aliphatic rings. The molecule has 31 heavy (non-hydrogen) atoms. The average molecular weight is 448 g/mol. The molecule has 1 aliphatic heterocycles. The van der Waals surface area contributed by atoms with E-state index in [9.17, 15) is 4.79 Å². The second-order valence-corrected chi connectivity index (χ2v) is 6.99. The van der Waals surface area contributed by atoms with Crippen LogP contribution in [-0.4, -0.2) is 44.7 Å². The number of amides is 1. The molecule has 1 heterocycles. The predicted octanol–water partition coefficient (Wildman–Crippen LogP) is 1.94. The summed E-state index contributed by atoms with van der Waals surface area (Å²) in [5, 5.41) is 3.33. The molecular formula is C21H25N3O6S. The van der Waals surface area contributed by atoms with Crippen LogP contribution < -0.4 is 39.9 Å². The second-order valence-electron chi connectivity index (χ2n) is 6.58. The van der Waals surface area contributed by atoms with Gasteiger partial charge in [-0.15, -0.1) is 0 Å². The highest BCUT2D eigenvalue weighted by Crippen LogP contribution is 2.35. The van der Waals surface area contributed by atoms with Crippen molar-refractivity contribution in [3.63, 3.8) is 0 Å². The molecule has 2 aromatic rings. The van der Waals surface area contributed by atoms with Crippen LogP contribution >= 0.6 is 12.2 Å². The molecule has 3 rings (SSSR count). The normalized spacial score (nSPS) is 12.5. The Balaban J connectivity index is 1.38. The largest absolute Gasteiger partial charge is 0.493 e. The van der Waals surface area contributed by atoms with E-state index in [1.807, 2.05) is 18.2 Å². The van der Waals surface area contributed by atoms with E-state index < -0.39 is 6.10 Å². The maximum Gasteiger partial charge on any atom is 0.279 e. The van der Waals surface area contributed by atoms with Gasteiger partial charge in [0, 0.05) is 12.6 Å². The lowest BCUT2D eigenvalue weighted by molar-refractivity contribution is -0.127. The fraction of sp³-hybridized carbons (Fsp3) is 0.333. The Morgan fingerprint density at radius 2 is 1.84 bits per heavy atom. The number of thiocarbonyl (C=S) groups is 1. The highest BCUT2D eigenvalue weighted by Gasteiger charge is 2.18. The number of hydrogen-bond donors (Lipinski definition) is 3. The Morgan fingerprint density at radius 3 is 2.61 bits per heavy atom. The van der Waals surface area contributed by atoms with Crippen LogP contribution in [-0.2, 0) is 11.2 Å². The molecule has 10 heteroatoms. The van der Waals surface area contributed by atoms with E-state index in [4.69, 9.17) is 35.9 Å². The highest BCUT2D eigenvalue weighted by atomic mass is 32.1. The van der Waals surface area contributed by atoms with E-state index in [2.05, 4.69) is 16.2 Å². The number of ether oxygens (including phenoxy) is 5. The van der Waals surface area contributed by atoms with Gasteiger partial charge in [-0.2, -0.15) is 0 Å². The van der Waals surface area contributed by atoms with Gasteiger partial charge in [0.2, 0.25) is 6.79 Å². The fourth-order valence-electron chi connectivity index (χ4n) is 2.83. The van der Waals surface area contributed by atoms with Gasteiger partial charge in [0.1, 0.15) is 5.75 Å². The third-order valence-corrected chi connectivity index (χ3v) is 4.72. The summed E-state index contributed by atoms with van der Waals surface area (Å²) in [7, 11) is 3.19. The SMILES string of the molecule is COc1ccc(CCNC(=S)NNC(=O)[C@H](C)Oc2ccc3c(c2)OCO3)cc1OC. The van der Waals surface area contributed by atoms with Crippen molar-refractivity contribution in [2.45, 2.75) is 19.4 Å². The molecular weight excluding hydrogens is 422 g/mol. The molecule has 0 aliphatic carbocycles. The van der Waals surface area contributed by atoms with E-state index in [1.165, 1.54) is 0 Å². The minimum atomic E-state index is -0.748. The molecule has 0 unspecified atom stereocenters. The van der Waals surface area contributed by atoms with Crippen LogP contribution in [0.1, 0.15) is 12.5 Å². The Bertz CT molecular complexity index is 939. The molecule has 0 fully saturated rings. The molecule has 3 N–H and O–H groups in total. The topological polar surface area (TPSA) is 99.3 Å². The smallest absolute Gasteiger partial charge is 0.279 e. The lowest BCUT2D eigenvalue weighted by Crippen LogP contribution is -2.50. The predicted molar refractivity (Wildman–Crippen MR) is 118 cm³/mol. The first-order chi connectivity index (χ1) is 15.0. The van der Waals surface area contributed by atoms with E-state index in [0.29, 0.717) is 46.8 Å². The van der Waals surface area contributed by atoms with Gasteiger partial charge in [-0.3, -0.25) is 15.6 Å². The van der Waals surface area contributed by atoms with Gasteiger partial charge in [0.25, 0.3) is 5.91 Å². The van der Waals surface area contributed by atoms with Gasteiger partial charge in [-0.05, 0) is 55.4 Å². The number of rotatable bonds is 8. The number of hydrogen-bond acceptors (Lipinski definition) is 7. The Kier molecular flexibility index (Phi) is 7.60. The van der Waals surface area contributed by atoms with Crippen LogP contribution in [0.2, 0.25) is 0 Å². The standard InChI is InChI=1S/C21H25N3O6S/c1-13(30-15-5-7-17-19(11-15)29-12-28-17)20(25)23-24-21(31)22-9-8-14-4-6-16(26-2)18(10-14)27-3/h4-7,10-11,13H,8-9,12H2,1-3H3,(H,23,25)(H2,22,24,31)/t13-/m0/s1. The maximum atomic E-state index is 12.2. The Morgan fingerprint density at radius 1 is 1.06 bits per heavy atom. The molecule has 9 nitrogen and oxygen atoms in total. The van der Waals surface area contributed by atoms with Crippen LogP contribution in [0.3, 0.4) is 0 Å². The molecule has 0 saturated carbocycles. The number of carbonyl (C=O) groups excluding carboxylic acids is 1. The summed E-state index contributed by atoms with van der Waals surface area (Å²) < 4.78 is 26.7. The van der Waals surface area contributed by atoms with Crippen LogP contribution in [0.15, 0.2) is 36.4 Å². The first-order valence-corrected chi connectivity index (χ1v) is 10.0. The third-order valence-electron chi connectivity index (χ3n) is 4.47. The Labute approximate surface area is 185 Å². The summed E-state index contributed by atoms with van der Waals surface area (Å²) in [5.74, 6) is 2.71. The number of benzene rings is 2. The van der Waals surface area contributed by atoms with Crippen molar-refractivity contribution < 1.29 is 28.5 Å². The van der Waals surface area contributed by atoms with Crippen molar-refractivity contribution in [1.29, 1.82) is 0 Å². The summed E-state index contributed by atoms with van der Waals surface area (Å²) in [6.07, 6.45) is -0.0397. The summed E-state index contributed by atoms with van der Waals surface area (Å²) in [6.45, 7) is 2.38. The third kappa shape index (κ3) is 6.05. The minimum absolute atomic E-state index is 0.176. The number of nitrogens with one attached hydrogen (secondary N) is 3. The van der Waals surface area contributed by atoms with Gasteiger partial charge in [-0.1, -0.05) is 6.07 Å². The molecule has 0 saturated heterocycles. The molecule has 2 aromatic carbocycles. The molecule has 0 radical (unpaired) electrons. The number of methoxy groups -OCH3 is 2. The first kappa shape index (κ1) is 22.3. The number of carbonyl (C=O) groups is 1. The van der Waals surface area contributed by atoms with Crippen LogP contribution in [0.4, 0.5) is 0 Å². The van der Waals surface area contributed by atoms with Crippen molar-refractivity contribution in [2.24, 2.45) is 0 Å². The van der Waals surface area contributed by atoms with Gasteiger partial charge >= 0.3 is 0 Å². The number of hydrazine groups is 1. The zero-order valence-corrected chi connectivity index (χ0v) is 18.3. The van der Waals surface area contributed by atoms with E-state index >= 15 is 0 Å². The van der Waals surface area contributed by atoms with E-state index in [0.717, 1.165) is 5.56 Å². The van der Waals surface area contributed by atoms with Crippen molar-refractivity contribution in [1.82, 2.24) is 16.2 Å². The summed E-state index contributed by atoms with van der Waals surface area (Å²) in [4.78, 5) is 12.2. The van der Waals surface area contributed by atoms with Crippen molar-refractivity contribution in [2.75, 3.05) is 27.6 Å². The molecule has 0 spiro atoms. The van der Waals surface area contributed by atoms with Crippen LogP contribution in [0.25, 0.3) is 0 Å². The summed E-state index contributed by atoms with van der Waals surface area (Å²) >= 11 is 5.19. The minimum Gasteiger partial charge on any atom is -0.493 e. The monoisotopic (exact) mass is 447 g/mol. The van der Waals surface area contributed by atoms with Gasteiger partial charge < -0.3 is 29.0 Å². The maximum absolute atomic E-state index is 12.2. The second kappa shape index (κ2) is 10.6. The molecule has 0 aromatic heterocycles. The number of fused-ring (bicyclic) bond motifs is 1. The van der Waals surface area contributed by atoms with Crippen molar-refractivity contribution in [3.05, 3.63) is 42.0 Å². The van der Waals surface area contributed by atoms with E-state index in [1.54, 1.807) is 39.3 Å². The quantitative estimate of drug-likeness (QED) is 0.414. The molecule has 166 valence electrons. The van der Waals surface area contributed by atoms with Crippen LogP contribution in [0, 0.1) is 0 Å². The summed E-state index contributed by atoms with van der Waals surface area (Å²) in [6, 6.07) is 10.8. The highest BCUT2D eigenvalue weighted by molar-refractivity contribution is 7.80. The Hall–Kier alpha value is -3.40. The molecule has 1 amide bonds. The van der Waals surface area contributed by atoms with Gasteiger partial charge in [0.05, 0.1) is 14.2 Å². The zero-order valence-electron chi connectivity index (χ0n) is 17.5. The van der Waals surface area contributed by atoms with E-state index in [-0.39, 0.29) is 12.7 Å². The average Bonchev–Trinajstić information content (AvgIpc) is 3.25. The summed E-state index contributed by atoms with van der Waals surface area (Å²) in [5.41, 5.74) is 6.25. The molecule has 1 atom stereocenters.